The quantitative estimate of drug-likeness (QED) is 0.337. The fraction of sp³-hybridized carbons (Fsp3) is 0.850. The number of halogens is 1. The largest absolute Gasteiger partial charge is 1.00 e. The van der Waals surface area contributed by atoms with Gasteiger partial charge < -0.3 is 12.4 Å². The minimum absolute atomic E-state index is 0. The van der Waals surface area contributed by atoms with Gasteiger partial charge in [-0.25, -0.2) is 4.57 Å². The first-order valence-corrected chi connectivity index (χ1v) is 11.8. The first kappa shape index (κ1) is 26.4. The lowest BCUT2D eigenvalue weighted by molar-refractivity contribution is -0.704. The van der Waals surface area contributed by atoms with E-state index in [0.717, 1.165) is 18.8 Å². The Morgan fingerprint density at radius 2 is 1.44 bits per heavy atom. The smallest absolute Gasteiger partial charge is 0.379 e. The molecule has 0 fully saturated rings. The van der Waals surface area contributed by atoms with Gasteiger partial charge in [-0.05, 0) is 12.8 Å². The Morgan fingerprint density at radius 3 is 1.89 bits per heavy atom. The molecule has 0 unspecified atom stereocenters. The van der Waals surface area contributed by atoms with Crippen molar-refractivity contribution >= 4 is 10.2 Å². The van der Waals surface area contributed by atoms with Crippen LogP contribution in [0.2, 0.25) is 0 Å². The normalized spacial score (nSPS) is 12.0. The molecule has 27 heavy (non-hydrogen) atoms. The molecule has 0 N–H and O–H groups in total. The number of unbranched alkanes of at least 4 members (excludes halogenated alkanes) is 9. The van der Waals surface area contributed by atoms with Gasteiger partial charge in [0.15, 0.2) is 0 Å². The van der Waals surface area contributed by atoms with Crippen LogP contribution in [-0.2, 0) is 16.8 Å². The highest BCUT2D eigenvalue weighted by Crippen LogP contribution is 2.15. The maximum atomic E-state index is 12.5. The summed E-state index contributed by atoms with van der Waals surface area (Å²) in [5.41, 5.74) is 0. The first-order valence-electron chi connectivity index (χ1n) is 10.4. The van der Waals surface area contributed by atoms with E-state index in [1.54, 1.807) is 20.3 Å². The van der Waals surface area contributed by atoms with E-state index in [0.29, 0.717) is 0 Å². The van der Waals surface area contributed by atoms with Crippen molar-refractivity contribution in [2.45, 2.75) is 97.4 Å². The molecule has 0 spiro atoms. The molecule has 0 aliphatic heterocycles. The molecule has 5 nitrogen and oxygen atoms in total. The molecule has 0 saturated heterocycles. The second-order valence-corrected chi connectivity index (χ2v) is 9.79. The molecule has 0 saturated carbocycles. The van der Waals surface area contributed by atoms with Gasteiger partial charge in [-0.2, -0.15) is 12.7 Å². The van der Waals surface area contributed by atoms with Crippen LogP contribution in [0.3, 0.4) is 0 Å². The molecule has 1 aromatic heterocycles. The predicted molar refractivity (Wildman–Crippen MR) is 109 cm³/mol. The number of hydrogen-bond acceptors (Lipinski definition) is 2. The molecule has 0 radical (unpaired) electrons. The van der Waals surface area contributed by atoms with Crippen molar-refractivity contribution in [1.29, 1.82) is 0 Å². The molecule has 0 aliphatic rings. The molecule has 1 rings (SSSR count). The standard InChI is InChI=1S/C20H40N3O2S.ClH/c1-6-7-8-9-10-11-12-13-14-15-16-22-17-18-23(20(22)19(2)3)26(24,25)21(4)5;/h17-19H,6-16H2,1-5H3;1H/q+1;/p-1. The van der Waals surface area contributed by atoms with Crippen LogP contribution in [-0.4, -0.2) is 30.8 Å². The summed E-state index contributed by atoms with van der Waals surface area (Å²) < 4.78 is 29.8. The zero-order valence-corrected chi connectivity index (χ0v) is 19.5. The Hall–Kier alpha value is -0.590. The minimum Gasteiger partial charge on any atom is -1.00 e. The number of aromatic nitrogens is 2. The molecule has 160 valence electrons. The van der Waals surface area contributed by atoms with E-state index in [1.807, 2.05) is 20.0 Å². The predicted octanol–water partition coefficient (Wildman–Crippen LogP) is 1.48. The second kappa shape index (κ2) is 13.6. The van der Waals surface area contributed by atoms with E-state index in [2.05, 4.69) is 11.5 Å². The van der Waals surface area contributed by atoms with Crippen LogP contribution in [0.15, 0.2) is 12.4 Å². The summed E-state index contributed by atoms with van der Waals surface area (Å²) in [5, 5.41) is 0. The topological polar surface area (TPSA) is 46.2 Å². The zero-order chi connectivity index (χ0) is 19.6. The molecular weight excluding hydrogens is 382 g/mol. The van der Waals surface area contributed by atoms with E-state index in [4.69, 9.17) is 0 Å². The van der Waals surface area contributed by atoms with Crippen LogP contribution in [0.1, 0.15) is 96.7 Å². The lowest BCUT2D eigenvalue weighted by Gasteiger charge is -2.11. The van der Waals surface area contributed by atoms with Crippen molar-refractivity contribution in [1.82, 2.24) is 8.28 Å². The number of aryl methyl sites for hydroxylation is 1. The lowest BCUT2D eigenvalue weighted by Crippen LogP contribution is -3.00. The zero-order valence-electron chi connectivity index (χ0n) is 18.0. The van der Waals surface area contributed by atoms with Gasteiger partial charge in [0, 0.05) is 14.1 Å². The number of imidazole rings is 1. The summed E-state index contributed by atoms with van der Waals surface area (Å²) in [7, 11) is -0.304. The van der Waals surface area contributed by atoms with Crippen LogP contribution < -0.4 is 17.0 Å². The van der Waals surface area contributed by atoms with Gasteiger partial charge >= 0.3 is 10.2 Å². The monoisotopic (exact) mass is 421 g/mol. The number of rotatable bonds is 14. The Morgan fingerprint density at radius 1 is 0.963 bits per heavy atom. The highest BCUT2D eigenvalue weighted by molar-refractivity contribution is 7.87. The molecule has 1 heterocycles. The van der Waals surface area contributed by atoms with E-state index >= 15 is 0 Å². The lowest BCUT2D eigenvalue weighted by atomic mass is 10.1. The molecule has 0 bridgehead atoms. The molecule has 0 atom stereocenters. The van der Waals surface area contributed by atoms with Crippen LogP contribution in [0.4, 0.5) is 0 Å². The van der Waals surface area contributed by atoms with Gasteiger partial charge in [0.25, 0.3) is 5.82 Å². The summed E-state index contributed by atoms with van der Waals surface area (Å²) in [5.74, 6) is 1.01. The fourth-order valence-electron chi connectivity index (χ4n) is 3.34. The molecule has 0 amide bonds. The van der Waals surface area contributed by atoms with Crippen molar-refractivity contribution in [2.75, 3.05) is 14.1 Å². The average molecular weight is 422 g/mol. The van der Waals surface area contributed by atoms with Gasteiger partial charge in [0.2, 0.25) is 0 Å². The summed E-state index contributed by atoms with van der Waals surface area (Å²) in [4.78, 5) is 0. The van der Waals surface area contributed by atoms with Gasteiger partial charge in [-0.15, -0.1) is 3.97 Å². The summed E-state index contributed by atoms with van der Waals surface area (Å²) >= 11 is 0. The SMILES string of the molecule is CCCCCCCCCCCC[n+]1ccn(S(=O)(=O)N(C)C)c1C(C)C.[Cl-]. The molecule has 1 aromatic rings. The van der Waals surface area contributed by atoms with E-state index in [1.165, 1.54) is 66.1 Å². The highest BCUT2D eigenvalue weighted by atomic mass is 35.5. The van der Waals surface area contributed by atoms with Gasteiger partial charge in [-0.3, -0.25) is 0 Å². The minimum atomic E-state index is -3.45. The number of hydrogen-bond donors (Lipinski definition) is 0. The number of nitrogens with zero attached hydrogens (tertiary/aromatic N) is 3. The molecular formula is C20H40ClN3O2S. The third-order valence-electron chi connectivity index (χ3n) is 4.88. The van der Waals surface area contributed by atoms with Crippen molar-refractivity contribution in [3.8, 4) is 0 Å². The maximum Gasteiger partial charge on any atom is 0.379 e. The van der Waals surface area contributed by atoms with E-state index in [-0.39, 0.29) is 18.3 Å². The van der Waals surface area contributed by atoms with E-state index in [9.17, 15) is 8.42 Å². The van der Waals surface area contributed by atoms with Crippen LogP contribution in [0, 0.1) is 0 Å². The molecule has 7 heteroatoms. The maximum absolute atomic E-state index is 12.5. The Bertz CT molecular complexity index is 613. The van der Waals surface area contributed by atoms with Gasteiger partial charge in [0.05, 0.1) is 12.5 Å². The van der Waals surface area contributed by atoms with Crippen molar-refractivity contribution in [3.05, 3.63) is 18.2 Å². The highest BCUT2D eigenvalue weighted by Gasteiger charge is 2.31. The molecule has 0 aromatic carbocycles. The van der Waals surface area contributed by atoms with E-state index < -0.39 is 10.2 Å². The first-order chi connectivity index (χ1) is 12.3. The van der Waals surface area contributed by atoms with Crippen LogP contribution in [0.5, 0.6) is 0 Å². The van der Waals surface area contributed by atoms with Crippen LogP contribution >= 0.6 is 0 Å². The fourth-order valence-corrected chi connectivity index (χ4v) is 4.45. The molecule has 0 aliphatic carbocycles. The van der Waals surface area contributed by atoms with Gasteiger partial charge in [-0.1, -0.05) is 72.1 Å². The van der Waals surface area contributed by atoms with Crippen LogP contribution in [0.25, 0.3) is 0 Å². The third-order valence-corrected chi connectivity index (χ3v) is 6.61. The summed E-state index contributed by atoms with van der Waals surface area (Å²) in [6.07, 6.45) is 16.7. The Kier molecular flexibility index (Phi) is 13.3. The second-order valence-electron chi connectivity index (χ2n) is 7.77. The Balaban J connectivity index is 0.00000676. The summed E-state index contributed by atoms with van der Waals surface area (Å²) in [6.45, 7) is 7.24. The van der Waals surface area contributed by atoms with Gasteiger partial charge in [0.1, 0.15) is 12.4 Å². The van der Waals surface area contributed by atoms with Crippen molar-refractivity contribution in [3.63, 3.8) is 0 Å². The van der Waals surface area contributed by atoms with Crippen molar-refractivity contribution < 1.29 is 25.4 Å². The third kappa shape index (κ3) is 8.53. The average Bonchev–Trinajstić information content (AvgIpc) is 3.01. The van der Waals surface area contributed by atoms with Crippen molar-refractivity contribution in [2.24, 2.45) is 0 Å². The summed E-state index contributed by atoms with van der Waals surface area (Å²) in [6, 6.07) is 0. The Labute approximate surface area is 173 Å².